The number of ether oxygens (including phenoxy) is 3. The predicted octanol–water partition coefficient (Wildman–Crippen LogP) is 2.56. The van der Waals surface area contributed by atoms with E-state index < -0.39 is 5.97 Å². The van der Waals surface area contributed by atoms with E-state index in [0.717, 1.165) is 19.3 Å². The third kappa shape index (κ3) is 6.60. The van der Waals surface area contributed by atoms with Crippen LogP contribution in [-0.2, 0) is 9.53 Å². The summed E-state index contributed by atoms with van der Waals surface area (Å²) in [7, 11) is 3.21. The molecule has 1 saturated heterocycles. The zero-order valence-electron chi connectivity index (χ0n) is 18.3. The van der Waals surface area contributed by atoms with Gasteiger partial charge in [-0.15, -0.1) is 0 Å². The van der Waals surface area contributed by atoms with Crippen LogP contribution in [0.3, 0.4) is 0 Å². The monoisotopic (exact) mass is 422 g/mol. The first-order chi connectivity index (χ1) is 14.4. The molecule has 1 aromatic carbocycles. The molecule has 8 nitrogen and oxygen atoms in total. The van der Waals surface area contributed by atoms with Crippen molar-refractivity contribution >= 4 is 11.9 Å². The summed E-state index contributed by atoms with van der Waals surface area (Å²) in [4.78, 5) is 26.2. The molecule has 1 fully saturated rings. The quantitative estimate of drug-likeness (QED) is 0.529. The van der Waals surface area contributed by atoms with Crippen molar-refractivity contribution in [1.82, 2.24) is 10.2 Å². The molecular weight excluding hydrogens is 388 g/mol. The Morgan fingerprint density at radius 3 is 2.53 bits per heavy atom. The number of carbonyl (C=O) groups excluding carboxylic acids is 1. The summed E-state index contributed by atoms with van der Waals surface area (Å²) in [6.45, 7) is 5.63. The van der Waals surface area contributed by atoms with E-state index in [2.05, 4.69) is 5.32 Å². The maximum atomic E-state index is 13.4. The molecule has 0 spiro atoms. The maximum absolute atomic E-state index is 13.4. The Hall–Kier alpha value is -2.32. The van der Waals surface area contributed by atoms with Gasteiger partial charge < -0.3 is 29.5 Å². The van der Waals surface area contributed by atoms with Crippen LogP contribution in [0, 0.1) is 0 Å². The molecule has 0 aromatic heterocycles. The zero-order chi connectivity index (χ0) is 22.1. The van der Waals surface area contributed by atoms with Gasteiger partial charge in [-0.05, 0) is 44.9 Å². The van der Waals surface area contributed by atoms with Gasteiger partial charge in [-0.3, -0.25) is 9.59 Å². The van der Waals surface area contributed by atoms with Crippen molar-refractivity contribution in [2.24, 2.45) is 0 Å². The Bertz CT molecular complexity index is 701. The van der Waals surface area contributed by atoms with Crippen LogP contribution < -0.4 is 14.8 Å². The van der Waals surface area contributed by atoms with E-state index in [1.54, 1.807) is 32.4 Å². The highest BCUT2D eigenvalue weighted by Crippen LogP contribution is 2.30. The maximum Gasteiger partial charge on any atom is 0.304 e. The Kier molecular flexibility index (Phi) is 9.39. The summed E-state index contributed by atoms with van der Waals surface area (Å²) in [6.07, 6.45) is 2.33. The topological polar surface area (TPSA) is 97.3 Å². The van der Waals surface area contributed by atoms with E-state index in [9.17, 15) is 9.59 Å². The number of carboxylic acids is 1. The molecule has 30 heavy (non-hydrogen) atoms. The molecule has 0 radical (unpaired) electrons. The molecule has 168 valence electrons. The van der Waals surface area contributed by atoms with Gasteiger partial charge in [0, 0.05) is 50.4 Å². The Labute approximate surface area is 178 Å². The minimum absolute atomic E-state index is 0.00787. The number of carboxylic acid groups (broad SMARTS) is 1. The van der Waals surface area contributed by atoms with Crippen molar-refractivity contribution in [3.8, 4) is 11.5 Å². The second-order valence-corrected chi connectivity index (χ2v) is 7.80. The molecule has 1 aromatic rings. The van der Waals surface area contributed by atoms with E-state index in [-0.39, 0.29) is 30.5 Å². The number of benzene rings is 1. The summed E-state index contributed by atoms with van der Waals surface area (Å²) in [5, 5.41) is 12.3. The average Bonchev–Trinajstić information content (AvgIpc) is 2.71. The van der Waals surface area contributed by atoms with Gasteiger partial charge in [-0.1, -0.05) is 0 Å². The van der Waals surface area contributed by atoms with Gasteiger partial charge >= 0.3 is 5.97 Å². The molecule has 0 bridgehead atoms. The summed E-state index contributed by atoms with van der Waals surface area (Å²) in [5.41, 5.74) is 0.541. The highest BCUT2D eigenvalue weighted by atomic mass is 16.5. The van der Waals surface area contributed by atoms with Gasteiger partial charge in [-0.25, -0.2) is 0 Å². The molecular formula is C22H34N2O6. The van der Waals surface area contributed by atoms with Crippen molar-refractivity contribution in [3.05, 3.63) is 23.8 Å². The molecule has 1 unspecified atom stereocenters. The molecule has 0 saturated carbocycles. The standard InChI is InChI=1S/C22H34N2O6/c1-15(2)24(18-8-7-17(23-14-18)13-21(25)26)22(27)16-6-9-19(29-4)20(12-16)30-11-5-10-28-3/h6,9,12,15,17-18,23H,5,7-8,10-11,13-14H2,1-4H3,(H,25,26)/t17-,18?/m0/s1. The lowest BCUT2D eigenvalue weighted by atomic mass is 9.96. The van der Waals surface area contributed by atoms with Gasteiger partial charge in [0.25, 0.3) is 5.91 Å². The van der Waals surface area contributed by atoms with Crippen LogP contribution in [0.5, 0.6) is 11.5 Å². The SMILES string of the molecule is COCCCOc1cc(C(=O)N(C(C)C)C2CC[C@@H](CC(=O)O)NC2)ccc1OC. The van der Waals surface area contributed by atoms with E-state index in [0.29, 0.717) is 36.8 Å². The molecule has 0 aliphatic carbocycles. The van der Waals surface area contributed by atoms with Crippen molar-refractivity contribution in [3.63, 3.8) is 0 Å². The van der Waals surface area contributed by atoms with E-state index in [4.69, 9.17) is 19.3 Å². The van der Waals surface area contributed by atoms with Crippen molar-refractivity contribution in [2.45, 2.75) is 57.7 Å². The number of carbonyl (C=O) groups is 2. The van der Waals surface area contributed by atoms with Gasteiger partial charge in [0.15, 0.2) is 11.5 Å². The minimum atomic E-state index is -0.806. The molecule has 2 N–H and O–H groups in total. The van der Waals surface area contributed by atoms with E-state index in [1.165, 1.54) is 0 Å². The third-order valence-corrected chi connectivity index (χ3v) is 5.26. The summed E-state index contributed by atoms with van der Waals surface area (Å²) in [5.74, 6) is 0.235. The molecule has 1 aliphatic heterocycles. The second kappa shape index (κ2) is 11.8. The van der Waals surface area contributed by atoms with Gasteiger partial charge in [0.2, 0.25) is 0 Å². The summed E-state index contributed by atoms with van der Waals surface area (Å²) >= 11 is 0. The lowest BCUT2D eigenvalue weighted by molar-refractivity contribution is -0.137. The number of nitrogens with zero attached hydrogens (tertiary/aromatic N) is 1. The minimum Gasteiger partial charge on any atom is -0.493 e. The number of rotatable bonds is 11. The van der Waals surface area contributed by atoms with Crippen LogP contribution in [0.4, 0.5) is 0 Å². The van der Waals surface area contributed by atoms with Crippen LogP contribution in [0.2, 0.25) is 0 Å². The molecule has 1 heterocycles. The zero-order valence-corrected chi connectivity index (χ0v) is 18.3. The highest BCUT2D eigenvalue weighted by molar-refractivity contribution is 5.95. The first-order valence-corrected chi connectivity index (χ1v) is 10.4. The van der Waals surface area contributed by atoms with Gasteiger partial charge in [-0.2, -0.15) is 0 Å². The number of methoxy groups -OCH3 is 2. The predicted molar refractivity (Wildman–Crippen MR) is 113 cm³/mol. The van der Waals surface area contributed by atoms with Gasteiger partial charge in [0.05, 0.1) is 20.1 Å². The van der Waals surface area contributed by atoms with Crippen LogP contribution in [0.15, 0.2) is 18.2 Å². The fraction of sp³-hybridized carbons (Fsp3) is 0.636. The molecule has 2 rings (SSSR count). The van der Waals surface area contributed by atoms with Crippen LogP contribution >= 0.6 is 0 Å². The Morgan fingerprint density at radius 1 is 1.20 bits per heavy atom. The number of nitrogens with one attached hydrogen (secondary N) is 1. The number of hydrogen-bond donors (Lipinski definition) is 2. The molecule has 1 amide bonds. The summed E-state index contributed by atoms with van der Waals surface area (Å²) in [6, 6.07) is 5.20. The normalized spacial score (nSPS) is 18.8. The van der Waals surface area contributed by atoms with Crippen molar-refractivity contribution < 1.29 is 28.9 Å². The van der Waals surface area contributed by atoms with Gasteiger partial charge in [0.1, 0.15) is 0 Å². The fourth-order valence-electron chi connectivity index (χ4n) is 3.80. The van der Waals surface area contributed by atoms with Crippen molar-refractivity contribution in [2.75, 3.05) is 34.0 Å². The lowest BCUT2D eigenvalue weighted by Gasteiger charge is -2.39. The smallest absolute Gasteiger partial charge is 0.304 e. The van der Waals surface area contributed by atoms with E-state index >= 15 is 0 Å². The highest BCUT2D eigenvalue weighted by Gasteiger charge is 2.31. The first kappa shape index (κ1) is 24.0. The van der Waals surface area contributed by atoms with Crippen molar-refractivity contribution in [1.29, 1.82) is 0 Å². The van der Waals surface area contributed by atoms with Crippen LogP contribution in [0.1, 0.15) is 49.9 Å². The molecule has 8 heteroatoms. The average molecular weight is 423 g/mol. The van der Waals surface area contributed by atoms with E-state index in [1.807, 2.05) is 18.7 Å². The Morgan fingerprint density at radius 2 is 1.97 bits per heavy atom. The Balaban J connectivity index is 2.12. The molecule has 1 aliphatic rings. The summed E-state index contributed by atoms with van der Waals surface area (Å²) < 4.78 is 16.2. The number of hydrogen-bond acceptors (Lipinski definition) is 6. The van der Waals surface area contributed by atoms with Crippen LogP contribution in [-0.4, -0.2) is 74.0 Å². The van der Waals surface area contributed by atoms with Crippen LogP contribution in [0.25, 0.3) is 0 Å². The molecule has 2 atom stereocenters. The third-order valence-electron chi connectivity index (χ3n) is 5.26. The largest absolute Gasteiger partial charge is 0.493 e. The fourth-order valence-corrected chi connectivity index (χ4v) is 3.80. The number of piperidine rings is 1. The number of aliphatic carboxylic acids is 1. The number of amides is 1. The second-order valence-electron chi connectivity index (χ2n) is 7.80. The lowest BCUT2D eigenvalue weighted by Crippen LogP contribution is -2.54. The first-order valence-electron chi connectivity index (χ1n) is 10.4.